The lowest BCUT2D eigenvalue weighted by Gasteiger charge is -2.16. The van der Waals surface area contributed by atoms with Crippen LogP contribution < -0.4 is 16.2 Å². The largest absolute Gasteiger partial charge is 0.416 e. The average Bonchev–Trinajstić information content (AvgIpc) is 2.96. The van der Waals surface area contributed by atoms with Gasteiger partial charge in [0, 0.05) is 13.1 Å². The maximum absolute atomic E-state index is 12.9. The molecule has 3 aromatic rings. The summed E-state index contributed by atoms with van der Waals surface area (Å²) in [6.45, 7) is 3.00. The molecule has 0 saturated heterocycles. The first-order valence-electron chi connectivity index (χ1n) is 9.69. The number of amides is 1. The van der Waals surface area contributed by atoms with Crippen LogP contribution in [0.1, 0.15) is 18.2 Å². The van der Waals surface area contributed by atoms with E-state index in [2.05, 4.69) is 10.6 Å². The fraction of sp³-hybridized carbons (Fsp3) is 0.238. The molecule has 0 aliphatic rings. The number of hydrogen-bond acceptors (Lipinski definition) is 5. The second-order valence-electron chi connectivity index (χ2n) is 7.28. The molecular weight excluding hydrogens is 443 g/mol. The molecule has 1 amide bonds. The van der Waals surface area contributed by atoms with E-state index < -0.39 is 39.9 Å². The normalized spacial score (nSPS) is 12.3. The number of alkyl halides is 3. The molecule has 0 bridgehead atoms. The van der Waals surface area contributed by atoms with Gasteiger partial charge in [-0.3, -0.25) is 24.4 Å². The summed E-state index contributed by atoms with van der Waals surface area (Å²) in [5.41, 5.74) is -1.69. The molecule has 1 aromatic heterocycles. The van der Waals surface area contributed by atoms with E-state index in [0.717, 1.165) is 6.07 Å². The molecular formula is C21H20F3N5O4. The van der Waals surface area contributed by atoms with Crippen LogP contribution in [0.15, 0.2) is 53.3 Å². The topological polar surface area (TPSA) is 111 Å². The number of halogens is 3. The number of nitrogens with one attached hydrogen (secondary N) is 2. The maximum Gasteiger partial charge on any atom is 0.416 e. The first-order chi connectivity index (χ1) is 15.4. The van der Waals surface area contributed by atoms with Gasteiger partial charge in [0.05, 0.1) is 21.9 Å². The van der Waals surface area contributed by atoms with Gasteiger partial charge in [-0.05, 0) is 38.1 Å². The predicted octanol–water partition coefficient (Wildman–Crippen LogP) is 3.85. The number of nitro groups is 1. The van der Waals surface area contributed by atoms with Crippen LogP contribution in [0.2, 0.25) is 0 Å². The maximum atomic E-state index is 12.9. The second-order valence-corrected chi connectivity index (χ2v) is 7.28. The molecule has 0 fully saturated rings. The molecule has 1 atom stereocenters. The molecule has 9 nitrogen and oxygen atoms in total. The third-order valence-electron chi connectivity index (χ3n) is 5.09. The molecule has 2 aromatic carbocycles. The number of aromatic nitrogens is 2. The van der Waals surface area contributed by atoms with Crippen molar-refractivity contribution in [1.29, 1.82) is 0 Å². The van der Waals surface area contributed by atoms with Crippen molar-refractivity contribution in [2.24, 2.45) is 7.05 Å². The number of carbonyl (C=O) groups is 1. The smallest absolute Gasteiger partial charge is 0.368 e. The Labute approximate surface area is 185 Å². The molecule has 0 unspecified atom stereocenters. The van der Waals surface area contributed by atoms with Crippen molar-refractivity contribution in [3.63, 3.8) is 0 Å². The lowest BCUT2D eigenvalue weighted by Crippen LogP contribution is -2.34. The van der Waals surface area contributed by atoms with E-state index in [1.54, 1.807) is 49.0 Å². The summed E-state index contributed by atoms with van der Waals surface area (Å²) < 4.78 is 41.6. The summed E-state index contributed by atoms with van der Waals surface area (Å²) in [5, 5.41) is 16.3. The molecule has 0 radical (unpaired) electrons. The highest BCUT2D eigenvalue weighted by atomic mass is 19.4. The van der Waals surface area contributed by atoms with E-state index in [1.807, 2.05) is 0 Å². The first-order valence-corrected chi connectivity index (χ1v) is 9.69. The number of anilines is 2. The number of benzene rings is 2. The van der Waals surface area contributed by atoms with Crippen molar-refractivity contribution in [1.82, 2.24) is 9.36 Å². The molecule has 0 aliphatic carbocycles. The van der Waals surface area contributed by atoms with Crippen LogP contribution >= 0.6 is 0 Å². The van der Waals surface area contributed by atoms with Gasteiger partial charge in [0.15, 0.2) is 0 Å². The molecule has 174 valence electrons. The fourth-order valence-electron chi connectivity index (χ4n) is 3.22. The number of nitro benzene ring substituents is 1. The molecule has 33 heavy (non-hydrogen) atoms. The van der Waals surface area contributed by atoms with Gasteiger partial charge in [0.25, 0.3) is 11.2 Å². The lowest BCUT2D eigenvalue weighted by atomic mass is 10.1. The summed E-state index contributed by atoms with van der Waals surface area (Å²) in [5.74, 6) is -0.699. The number of rotatable bonds is 6. The summed E-state index contributed by atoms with van der Waals surface area (Å²) >= 11 is 0. The third-order valence-corrected chi connectivity index (χ3v) is 5.09. The molecule has 0 aliphatic heterocycles. The standard InChI is InChI=1S/C21H20F3N5O4/c1-12(25-16-10-9-14(21(22,23)24)11-17(16)29(32)33)19(30)26-18-13(2)27(3)28(20(18)31)15-7-5-4-6-8-15/h4-12,25H,1-3H3,(H,26,30)/t12-/m0/s1. The van der Waals surface area contributed by atoms with E-state index in [-0.39, 0.29) is 11.4 Å². The van der Waals surface area contributed by atoms with Crippen LogP contribution in [0, 0.1) is 17.0 Å². The highest BCUT2D eigenvalue weighted by Crippen LogP contribution is 2.35. The van der Waals surface area contributed by atoms with Gasteiger partial charge in [-0.15, -0.1) is 0 Å². The number of para-hydroxylation sites is 1. The Balaban J connectivity index is 1.86. The minimum atomic E-state index is -4.75. The monoisotopic (exact) mass is 463 g/mol. The van der Waals surface area contributed by atoms with Crippen LogP contribution in [0.3, 0.4) is 0 Å². The minimum absolute atomic E-state index is 0.0157. The fourth-order valence-corrected chi connectivity index (χ4v) is 3.22. The van der Waals surface area contributed by atoms with E-state index >= 15 is 0 Å². The average molecular weight is 463 g/mol. The Bertz CT molecular complexity index is 1270. The van der Waals surface area contributed by atoms with E-state index in [1.165, 1.54) is 11.6 Å². The molecule has 3 rings (SSSR count). The number of carbonyl (C=O) groups excluding carboxylic acids is 1. The van der Waals surface area contributed by atoms with Crippen LogP contribution in [-0.2, 0) is 18.0 Å². The van der Waals surface area contributed by atoms with Gasteiger partial charge in [-0.25, -0.2) is 4.68 Å². The van der Waals surface area contributed by atoms with Crippen molar-refractivity contribution in [3.8, 4) is 5.69 Å². The summed E-state index contributed by atoms with van der Waals surface area (Å²) in [6, 6.07) is 9.61. The minimum Gasteiger partial charge on any atom is -0.368 e. The highest BCUT2D eigenvalue weighted by Gasteiger charge is 2.33. The SMILES string of the molecule is Cc1c(NC(=O)[C@H](C)Nc2ccc(C(F)(F)F)cc2[N+](=O)[O-])c(=O)n(-c2ccccc2)n1C. The predicted molar refractivity (Wildman–Crippen MR) is 116 cm³/mol. The van der Waals surface area contributed by atoms with Crippen LogP contribution in [0.25, 0.3) is 5.69 Å². The van der Waals surface area contributed by atoms with Gasteiger partial charge in [0.1, 0.15) is 17.4 Å². The Morgan fingerprint density at radius 1 is 1.15 bits per heavy atom. The van der Waals surface area contributed by atoms with E-state index in [9.17, 15) is 32.9 Å². The quantitative estimate of drug-likeness (QED) is 0.426. The molecule has 1 heterocycles. The van der Waals surface area contributed by atoms with Crippen molar-refractivity contribution in [3.05, 3.63) is 80.3 Å². The lowest BCUT2D eigenvalue weighted by molar-refractivity contribution is -0.384. The van der Waals surface area contributed by atoms with E-state index in [4.69, 9.17) is 0 Å². The zero-order valence-electron chi connectivity index (χ0n) is 17.8. The molecule has 0 spiro atoms. The van der Waals surface area contributed by atoms with E-state index in [0.29, 0.717) is 23.5 Å². The third kappa shape index (κ3) is 4.73. The summed E-state index contributed by atoms with van der Waals surface area (Å²) in [4.78, 5) is 35.9. The van der Waals surface area contributed by atoms with Crippen LogP contribution in [-0.4, -0.2) is 26.2 Å². The summed E-state index contributed by atoms with van der Waals surface area (Å²) in [7, 11) is 1.65. The number of nitrogens with zero attached hydrogens (tertiary/aromatic N) is 3. The van der Waals surface area contributed by atoms with Gasteiger partial charge in [-0.1, -0.05) is 18.2 Å². The highest BCUT2D eigenvalue weighted by molar-refractivity contribution is 5.97. The van der Waals surface area contributed by atoms with Gasteiger partial charge in [0.2, 0.25) is 5.91 Å². The van der Waals surface area contributed by atoms with Crippen LogP contribution in [0.4, 0.5) is 30.2 Å². The Hall–Kier alpha value is -4.09. The zero-order valence-corrected chi connectivity index (χ0v) is 17.8. The second kappa shape index (κ2) is 8.81. The molecule has 2 N–H and O–H groups in total. The van der Waals surface area contributed by atoms with Crippen molar-refractivity contribution in [2.45, 2.75) is 26.1 Å². The molecule has 12 heteroatoms. The van der Waals surface area contributed by atoms with Crippen molar-refractivity contribution < 1.29 is 22.9 Å². The Morgan fingerprint density at radius 3 is 2.36 bits per heavy atom. The van der Waals surface area contributed by atoms with Gasteiger partial charge < -0.3 is 10.6 Å². The van der Waals surface area contributed by atoms with Crippen LogP contribution in [0.5, 0.6) is 0 Å². The molecule has 0 saturated carbocycles. The zero-order chi connectivity index (χ0) is 24.5. The van der Waals surface area contributed by atoms with Crippen molar-refractivity contribution in [2.75, 3.05) is 10.6 Å². The summed E-state index contributed by atoms with van der Waals surface area (Å²) in [6.07, 6.45) is -4.75. The first kappa shape index (κ1) is 23.6. The Kier molecular flexibility index (Phi) is 6.29. The number of hydrogen-bond donors (Lipinski definition) is 2. The van der Waals surface area contributed by atoms with Crippen molar-refractivity contribution >= 4 is 23.0 Å². The van der Waals surface area contributed by atoms with Gasteiger partial charge >= 0.3 is 6.18 Å². The Morgan fingerprint density at radius 2 is 1.79 bits per heavy atom. The van der Waals surface area contributed by atoms with Gasteiger partial charge in [-0.2, -0.15) is 13.2 Å².